The summed E-state index contributed by atoms with van der Waals surface area (Å²) in [5.41, 5.74) is 1.33. The Labute approximate surface area is 163 Å². The molecule has 1 atom stereocenters. The average Bonchev–Trinajstić information content (AvgIpc) is 2.80. The molecule has 6 heteroatoms. The quantitative estimate of drug-likeness (QED) is 0.739. The van der Waals surface area contributed by atoms with E-state index in [0.29, 0.717) is 13.0 Å². The zero-order valence-electron chi connectivity index (χ0n) is 17.0. The molecular weight excluding hydrogens is 338 g/mol. The number of carbonyl (C=O) groups is 1. The molecule has 3 heterocycles. The van der Waals surface area contributed by atoms with Crippen molar-refractivity contribution in [1.29, 1.82) is 0 Å². The summed E-state index contributed by atoms with van der Waals surface area (Å²) >= 11 is 0. The van der Waals surface area contributed by atoms with Crippen molar-refractivity contribution in [3.05, 3.63) is 36.5 Å². The van der Waals surface area contributed by atoms with Gasteiger partial charge in [0.25, 0.3) is 0 Å². The molecule has 148 valence electrons. The van der Waals surface area contributed by atoms with Crippen LogP contribution in [0.1, 0.15) is 24.8 Å². The van der Waals surface area contributed by atoms with E-state index in [2.05, 4.69) is 40.5 Å². The van der Waals surface area contributed by atoms with Crippen LogP contribution >= 0.6 is 0 Å². The molecule has 1 aromatic heterocycles. The first-order chi connectivity index (χ1) is 12.9. The number of anilines is 1. The number of amides is 1. The average molecular weight is 372 g/mol. The lowest BCUT2D eigenvalue weighted by Gasteiger charge is -2.49. The highest BCUT2D eigenvalue weighted by Gasteiger charge is 2.42. The molecule has 0 bridgehead atoms. The molecule has 2 aliphatic rings. The molecule has 0 N–H and O–H groups in total. The molecule has 1 spiro atoms. The Bertz CT molecular complexity index is 659. The molecule has 3 rings (SSSR count). The van der Waals surface area contributed by atoms with E-state index in [1.165, 1.54) is 5.56 Å². The van der Waals surface area contributed by atoms with Crippen LogP contribution in [0.25, 0.3) is 0 Å². The van der Waals surface area contributed by atoms with Gasteiger partial charge in [0.05, 0.1) is 0 Å². The van der Waals surface area contributed by atoms with Crippen molar-refractivity contribution in [2.45, 2.75) is 31.3 Å². The Kier molecular flexibility index (Phi) is 6.17. The zero-order valence-corrected chi connectivity index (χ0v) is 17.0. The number of nitrogens with zero attached hydrogens (tertiary/aromatic N) is 5. The van der Waals surface area contributed by atoms with E-state index in [4.69, 9.17) is 0 Å². The van der Waals surface area contributed by atoms with E-state index in [1.54, 1.807) is 0 Å². The fourth-order valence-corrected chi connectivity index (χ4v) is 4.29. The van der Waals surface area contributed by atoms with Gasteiger partial charge in [-0.1, -0.05) is 12.1 Å². The smallest absolute Gasteiger partial charge is 0.222 e. The summed E-state index contributed by atoms with van der Waals surface area (Å²) in [6.07, 6.45) is 6.41. The van der Waals surface area contributed by atoms with Gasteiger partial charge in [-0.05, 0) is 31.5 Å². The van der Waals surface area contributed by atoms with E-state index >= 15 is 0 Å². The molecular formula is C21H33N5O. The second-order valence-electron chi connectivity index (χ2n) is 8.15. The predicted octanol–water partition coefficient (Wildman–Crippen LogP) is 1.83. The van der Waals surface area contributed by atoms with Crippen LogP contribution < -0.4 is 4.90 Å². The van der Waals surface area contributed by atoms with Gasteiger partial charge in [0, 0.05) is 71.5 Å². The molecule has 1 unspecified atom stereocenters. The lowest BCUT2D eigenvalue weighted by molar-refractivity contribution is -0.130. The first kappa shape index (κ1) is 19.8. The van der Waals surface area contributed by atoms with E-state index in [9.17, 15) is 4.79 Å². The van der Waals surface area contributed by atoms with Crippen molar-refractivity contribution in [3.63, 3.8) is 0 Å². The Morgan fingerprint density at radius 2 is 2.07 bits per heavy atom. The number of likely N-dealkylation sites (tertiary alicyclic amines) is 1. The van der Waals surface area contributed by atoms with Gasteiger partial charge in [-0.3, -0.25) is 14.6 Å². The summed E-state index contributed by atoms with van der Waals surface area (Å²) in [7, 11) is 6.24. The number of rotatable bonds is 5. The summed E-state index contributed by atoms with van der Waals surface area (Å²) in [4.78, 5) is 26.0. The Morgan fingerprint density at radius 3 is 2.74 bits per heavy atom. The molecule has 0 saturated carbocycles. The van der Waals surface area contributed by atoms with Gasteiger partial charge in [-0.25, -0.2) is 4.98 Å². The van der Waals surface area contributed by atoms with Gasteiger partial charge >= 0.3 is 0 Å². The second-order valence-corrected chi connectivity index (χ2v) is 8.15. The molecule has 2 fully saturated rings. The molecule has 1 amide bonds. The summed E-state index contributed by atoms with van der Waals surface area (Å²) in [5.74, 6) is 1.25. The predicted molar refractivity (Wildman–Crippen MR) is 110 cm³/mol. The standard InChI is InChI=1S/C21H33N5O/c1-5-11-26-12-10-21(9-8-20(26)27)17-25(14-13-24(21)4)16-18-6-7-19(22-15-18)23(2)3/h5-7,15H,1,8-14,16-17H2,2-4H3. The third-order valence-electron chi connectivity index (χ3n) is 6.11. The Hall–Kier alpha value is -1.92. The monoisotopic (exact) mass is 371 g/mol. The van der Waals surface area contributed by atoms with Crippen molar-refractivity contribution < 1.29 is 4.79 Å². The molecule has 27 heavy (non-hydrogen) atoms. The van der Waals surface area contributed by atoms with Gasteiger partial charge in [-0.15, -0.1) is 6.58 Å². The highest BCUT2D eigenvalue weighted by atomic mass is 16.2. The van der Waals surface area contributed by atoms with E-state index in [0.717, 1.165) is 51.4 Å². The van der Waals surface area contributed by atoms with E-state index in [-0.39, 0.29) is 11.4 Å². The van der Waals surface area contributed by atoms with Gasteiger partial charge in [0.2, 0.25) is 5.91 Å². The van der Waals surface area contributed by atoms with Crippen molar-refractivity contribution in [2.24, 2.45) is 0 Å². The minimum absolute atomic E-state index is 0.0842. The fourth-order valence-electron chi connectivity index (χ4n) is 4.29. The maximum absolute atomic E-state index is 12.4. The molecule has 1 aromatic rings. The minimum atomic E-state index is 0.0842. The molecule has 0 radical (unpaired) electrons. The lowest BCUT2D eigenvalue weighted by Crippen LogP contribution is -2.60. The van der Waals surface area contributed by atoms with Crippen LogP contribution in [0.3, 0.4) is 0 Å². The molecule has 6 nitrogen and oxygen atoms in total. The fraction of sp³-hybridized carbons (Fsp3) is 0.619. The largest absolute Gasteiger partial charge is 0.363 e. The van der Waals surface area contributed by atoms with Gasteiger partial charge in [-0.2, -0.15) is 0 Å². The third-order valence-corrected chi connectivity index (χ3v) is 6.11. The topological polar surface area (TPSA) is 42.9 Å². The van der Waals surface area contributed by atoms with Crippen LogP contribution in [-0.2, 0) is 11.3 Å². The first-order valence-electron chi connectivity index (χ1n) is 9.88. The lowest BCUT2D eigenvalue weighted by atomic mass is 9.86. The Balaban J connectivity index is 1.68. The van der Waals surface area contributed by atoms with Crippen LogP contribution in [0.15, 0.2) is 31.0 Å². The van der Waals surface area contributed by atoms with Crippen LogP contribution in [0.2, 0.25) is 0 Å². The van der Waals surface area contributed by atoms with Crippen molar-refractivity contribution in [1.82, 2.24) is 19.7 Å². The van der Waals surface area contributed by atoms with Crippen LogP contribution in [0.5, 0.6) is 0 Å². The number of hydrogen-bond donors (Lipinski definition) is 0. The summed E-state index contributed by atoms with van der Waals surface area (Å²) in [5, 5.41) is 0. The van der Waals surface area contributed by atoms with Crippen LogP contribution in [0, 0.1) is 0 Å². The Morgan fingerprint density at radius 1 is 1.26 bits per heavy atom. The highest BCUT2D eigenvalue weighted by Crippen LogP contribution is 2.32. The number of piperazine rings is 1. The number of hydrogen-bond acceptors (Lipinski definition) is 5. The maximum atomic E-state index is 12.4. The number of aromatic nitrogens is 1. The van der Waals surface area contributed by atoms with Gasteiger partial charge in [0.15, 0.2) is 0 Å². The summed E-state index contributed by atoms with van der Waals surface area (Å²) in [6, 6.07) is 4.26. The normalized spacial score (nSPS) is 24.9. The second kappa shape index (κ2) is 8.40. The van der Waals surface area contributed by atoms with Crippen LogP contribution in [0.4, 0.5) is 5.82 Å². The zero-order chi connectivity index (χ0) is 19.4. The van der Waals surface area contributed by atoms with Crippen molar-refractivity contribution in [2.75, 3.05) is 58.8 Å². The third kappa shape index (κ3) is 4.50. The molecule has 0 aromatic carbocycles. The maximum Gasteiger partial charge on any atom is 0.222 e. The van der Waals surface area contributed by atoms with Crippen LogP contribution in [-0.4, -0.2) is 85.0 Å². The SMILES string of the molecule is C=CCN1CCC2(CCC1=O)CN(Cc1ccc(N(C)C)nc1)CCN2C. The van der Waals surface area contributed by atoms with E-state index in [1.807, 2.05) is 36.2 Å². The van der Waals surface area contributed by atoms with Gasteiger partial charge < -0.3 is 9.80 Å². The molecule has 2 aliphatic heterocycles. The van der Waals surface area contributed by atoms with E-state index < -0.39 is 0 Å². The highest BCUT2D eigenvalue weighted by molar-refractivity contribution is 5.76. The first-order valence-corrected chi connectivity index (χ1v) is 9.88. The number of carbonyl (C=O) groups excluding carboxylic acids is 1. The summed E-state index contributed by atoms with van der Waals surface area (Å²) < 4.78 is 0. The van der Waals surface area contributed by atoms with Crippen molar-refractivity contribution >= 4 is 11.7 Å². The van der Waals surface area contributed by atoms with Gasteiger partial charge in [0.1, 0.15) is 5.82 Å². The minimum Gasteiger partial charge on any atom is -0.363 e. The number of likely N-dealkylation sites (N-methyl/N-ethyl adjacent to an activating group) is 1. The summed E-state index contributed by atoms with van der Waals surface area (Å²) in [6.45, 7) is 9.29. The number of pyridine rings is 1. The van der Waals surface area contributed by atoms with Crippen molar-refractivity contribution in [3.8, 4) is 0 Å². The molecule has 0 aliphatic carbocycles. The molecule has 2 saturated heterocycles.